The highest BCUT2D eigenvalue weighted by molar-refractivity contribution is 8.00. The van der Waals surface area contributed by atoms with Crippen LogP contribution in [-0.2, 0) is 11.3 Å². The van der Waals surface area contributed by atoms with E-state index in [1.807, 2.05) is 30.3 Å². The quantitative estimate of drug-likeness (QED) is 0.177. The minimum Gasteiger partial charge on any atom is -0.480 e. The van der Waals surface area contributed by atoms with Crippen LogP contribution in [0.15, 0.2) is 90.0 Å². The number of ether oxygens (including phenoxy) is 2. The van der Waals surface area contributed by atoms with Crippen molar-refractivity contribution in [3.63, 3.8) is 0 Å². The smallest absolute Gasteiger partial charge is 0.237 e. The van der Waals surface area contributed by atoms with Crippen molar-refractivity contribution in [3.8, 4) is 17.0 Å². The topological polar surface area (TPSA) is 71.5 Å². The first-order chi connectivity index (χ1) is 20.6. The Hall–Kier alpha value is -4.41. The van der Waals surface area contributed by atoms with E-state index in [0.717, 1.165) is 72.2 Å². The molecule has 3 aromatic carbocycles. The van der Waals surface area contributed by atoms with Gasteiger partial charge in [-0.15, -0.1) is 0 Å². The van der Waals surface area contributed by atoms with Gasteiger partial charge < -0.3 is 24.4 Å². The van der Waals surface area contributed by atoms with E-state index < -0.39 is 11.6 Å². The van der Waals surface area contributed by atoms with Crippen LogP contribution in [0.4, 0.5) is 26.0 Å². The van der Waals surface area contributed by atoms with Crippen molar-refractivity contribution in [2.75, 3.05) is 48.4 Å². The Bertz CT molecular complexity index is 1710. The summed E-state index contributed by atoms with van der Waals surface area (Å²) in [6, 6.07) is 23.9. The van der Waals surface area contributed by atoms with Crippen LogP contribution in [0.2, 0.25) is 0 Å². The molecule has 3 heterocycles. The summed E-state index contributed by atoms with van der Waals surface area (Å²) in [4.78, 5) is 11.8. The van der Waals surface area contributed by atoms with Gasteiger partial charge in [0.05, 0.1) is 30.7 Å². The zero-order valence-corrected chi connectivity index (χ0v) is 23.8. The van der Waals surface area contributed by atoms with Crippen LogP contribution in [0, 0.1) is 11.6 Å². The van der Waals surface area contributed by atoms with Crippen LogP contribution in [0.1, 0.15) is 5.56 Å². The highest BCUT2D eigenvalue weighted by atomic mass is 32.2. The molecule has 1 aliphatic rings. The molecule has 0 bridgehead atoms. The molecule has 0 atom stereocenters. The lowest BCUT2D eigenvalue weighted by molar-refractivity contribution is 0.122. The van der Waals surface area contributed by atoms with E-state index in [0.29, 0.717) is 18.1 Å². The Kier molecular flexibility index (Phi) is 8.34. The molecule has 0 amide bonds. The summed E-state index contributed by atoms with van der Waals surface area (Å²) in [5.41, 5.74) is 5.63. The number of halogens is 2. The number of hydrogen-bond acceptors (Lipinski definition) is 8. The van der Waals surface area contributed by atoms with Gasteiger partial charge in [-0.2, -0.15) is 0 Å². The van der Waals surface area contributed by atoms with Gasteiger partial charge in [0.2, 0.25) is 5.88 Å². The van der Waals surface area contributed by atoms with Gasteiger partial charge in [0.1, 0.15) is 23.1 Å². The van der Waals surface area contributed by atoms with E-state index in [1.165, 1.54) is 30.5 Å². The Morgan fingerprint density at radius 1 is 0.952 bits per heavy atom. The standard InChI is InChI=1S/C32H29F2N5O2S/c1-40-32-29(38-42-30-9-7-25(33)18-27(30)34)17-24(20-36-32)22-5-8-28-23(16-22)6-10-31(37-28)35-19-21-3-2-4-26(15-21)39-11-13-41-14-12-39/h2-10,15-18,20,38H,11-14,19H2,1H3,(H,35,37). The van der Waals surface area contributed by atoms with Gasteiger partial charge in [0.15, 0.2) is 0 Å². The Labute approximate surface area is 247 Å². The Balaban J connectivity index is 1.16. The number of nitrogens with zero attached hydrogens (tertiary/aromatic N) is 3. The molecule has 5 aromatic rings. The van der Waals surface area contributed by atoms with Crippen molar-refractivity contribution in [1.29, 1.82) is 0 Å². The molecule has 42 heavy (non-hydrogen) atoms. The van der Waals surface area contributed by atoms with Crippen LogP contribution in [-0.4, -0.2) is 43.4 Å². The molecule has 7 nitrogen and oxygen atoms in total. The first-order valence-electron chi connectivity index (χ1n) is 13.5. The van der Waals surface area contributed by atoms with E-state index >= 15 is 0 Å². The molecule has 0 saturated carbocycles. The Morgan fingerprint density at radius 3 is 2.67 bits per heavy atom. The first-order valence-corrected chi connectivity index (χ1v) is 14.4. The lowest BCUT2D eigenvalue weighted by atomic mass is 10.0. The SMILES string of the molecule is COc1ncc(-c2ccc3nc(NCc4cccc(N5CCOCC5)c4)ccc3c2)cc1NSc1ccc(F)cc1F. The zero-order valence-electron chi connectivity index (χ0n) is 22.9. The lowest BCUT2D eigenvalue weighted by Crippen LogP contribution is -2.36. The number of anilines is 3. The molecule has 2 aromatic heterocycles. The van der Waals surface area contributed by atoms with Crippen LogP contribution >= 0.6 is 11.9 Å². The summed E-state index contributed by atoms with van der Waals surface area (Å²) in [6.45, 7) is 4.00. The van der Waals surface area contributed by atoms with Gasteiger partial charge in [-0.3, -0.25) is 0 Å². The fourth-order valence-corrected chi connectivity index (χ4v) is 5.45. The molecule has 0 radical (unpaired) electrons. The molecular weight excluding hydrogens is 556 g/mol. The second-order valence-electron chi connectivity index (χ2n) is 9.79. The number of hydrogen-bond donors (Lipinski definition) is 2. The maximum Gasteiger partial charge on any atom is 0.237 e. The average Bonchev–Trinajstić information content (AvgIpc) is 3.03. The zero-order chi connectivity index (χ0) is 28.9. The monoisotopic (exact) mass is 585 g/mol. The fourth-order valence-electron chi connectivity index (χ4n) is 4.79. The number of pyridine rings is 2. The van der Waals surface area contributed by atoms with Crippen LogP contribution < -0.4 is 19.7 Å². The summed E-state index contributed by atoms with van der Waals surface area (Å²) in [5, 5.41) is 4.43. The third-order valence-electron chi connectivity index (χ3n) is 6.99. The van der Waals surface area contributed by atoms with Crippen molar-refractivity contribution in [1.82, 2.24) is 9.97 Å². The van der Waals surface area contributed by atoms with Crippen molar-refractivity contribution in [2.45, 2.75) is 11.4 Å². The van der Waals surface area contributed by atoms with Gasteiger partial charge in [0.25, 0.3) is 0 Å². The van der Waals surface area contributed by atoms with Crippen LogP contribution in [0.5, 0.6) is 5.88 Å². The van der Waals surface area contributed by atoms with Crippen molar-refractivity contribution < 1.29 is 18.3 Å². The highest BCUT2D eigenvalue weighted by Gasteiger charge is 2.13. The molecule has 1 fully saturated rings. The molecule has 1 aliphatic heterocycles. The second-order valence-corrected chi connectivity index (χ2v) is 10.6. The predicted molar refractivity (Wildman–Crippen MR) is 164 cm³/mol. The number of morpholine rings is 1. The number of benzene rings is 3. The van der Waals surface area contributed by atoms with Crippen molar-refractivity contribution in [2.24, 2.45) is 0 Å². The maximum absolute atomic E-state index is 14.1. The summed E-state index contributed by atoms with van der Waals surface area (Å²) < 4.78 is 41.3. The number of methoxy groups -OCH3 is 1. The first kappa shape index (κ1) is 27.7. The number of rotatable bonds is 9. The van der Waals surface area contributed by atoms with Gasteiger partial charge in [-0.25, -0.2) is 18.7 Å². The minimum atomic E-state index is -0.645. The predicted octanol–water partition coefficient (Wildman–Crippen LogP) is 7.15. The van der Waals surface area contributed by atoms with Crippen molar-refractivity contribution >= 4 is 40.0 Å². The summed E-state index contributed by atoms with van der Waals surface area (Å²) >= 11 is 1.02. The Morgan fingerprint density at radius 2 is 1.83 bits per heavy atom. The molecule has 1 saturated heterocycles. The molecule has 2 N–H and O–H groups in total. The number of nitrogens with one attached hydrogen (secondary N) is 2. The maximum atomic E-state index is 14.1. The fraction of sp³-hybridized carbons (Fsp3) is 0.188. The van der Waals surface area contributed by atoms with Crippen LogP contribution in [0.25, 0.3) is 22.0 Å². The molecule has 6 rings (SSSR count). The highest BCUT2D eigenvalue weighted by Crippen LogP contribution is 2.33. The second kappa shape index (κ2) is 12.6. The molecule has 10 heteroatoms. The lowest BCUT2D eigenvalue weighted by Gasteiger charge is -2.29. The van der Waals surface area contributed by atoms with Crippen molar-refractivity contribution in [3.05, 3.63) is 102 Å². The third kappa shape index (κ3) is 6.40. The third-order valence-corrected chi connectivity index (χ3v) is 7.87. The van der Waals surface area contributed by atoms with E-state index in [1.54, 1.807) is 6.20 Å². The van der Waals surface area contributed by atoms with Gasteiger partial charge in [-0.05, 0) is 77.7 Å². The summed E-state index contributed by atoms with van der Waals surface area (Å²) in [6.07, 6.45) is 1.72. The molecule has 0 spiro atoms. The average molecular weight is 586 g/mol. The molecule has 0 aliphatic carbocycles. The van der Waals surface area contributed by atoms with E-state index in [2.05, 4.69) is 50.3 Å². The van der Waals surface area contributed by atoms with Gasteiger partial charge in [0, 0.05) is 48.5 Å². The number of fused-ring (bicyclic) bond motifs is 1. The summed E-state index contributed by atoms with van der Waals surface area (Å²) in [5.74, 6) is -0.105. The number of aromatic nitrogens is 2. The van der Waals surface area contributed by atoms with Crippen LogP contribution in [0.3, 0.4) is 0 Å². The normalized spacial score (nSPS) is 13.3. The van der Waals surface area contributed by atoms with Gasteiger partial charge in [-0.1, -0.05) is 18.2 Å². The van der Waals surface area contributed by atoms with Gasteiger partial charge >= 0.3 is 0 Å². The van der Waals surface area contributed by atoms with E-state index in [-0.39, 0.29) is 4.90 Å². The molecule has 214 valence electrons. The minimum absolute atomic E-state index is 0.259. The van der Waals surface area contributed by atoms with E-state index in [4.69, 9.17) is 14.5 Å². The summed E-state index contributed by atoms with van der Waals surface area (Å²) in [7, 11) is 1.52. The largest absolute Gasteiger partial charge is 0.480 e. The van der Waals surface area contributed by atoms with E-state index in [9.17, 15) is 8.78 Å². The molecular formula is C32H29F2N5O2S. The molecule has 0 unspecified atom stereocenters.